The first-order valence-corrected chi connectivity index (χ1v) is 8.78. The third-order valence-corrected chi connectivity index (χ3v) is 4.97. The van der Waals surface area contributed by atoms with E-state index in [0.29, 0.717) is 0 Å². The second-order valence-electron chi connectivity index (χ2n) is 5.44. The van der Waals surface area contributed by atoms with Crippen molar-refractivity contribution in [3.63, 3.8) is 0 Å². The molecule has 0 spiro atoms. The first-order valence-electron chi connectivity index (χ1n) is 7.31. The van der Waals surface area contributed by atoms with Gasteiger partial charge < -0.3 is 0 Å². The molecule has 1 aliphatic rings. The molecule has 108 valence electrons. The molecule has 0 unspecified atom stereocenters. The molecule has 0 radical (unpaired) electrons. The molecule has 0 N–H and O–H groups in total. The van der Waals surface area contributed by atoms with Crippen LogP contribution >= 0.6 is 0 Å². The van der Waals surface area contributed by atoms with E-state index in [4.69, 9.17) is 4.42 Å². The van der Waals surface area contributed by atoms with Crippen LogP contribution in [-0.4, -0.2) is 18.0 Å². The van der Waals surface area contributed by atoms with Crippen LogP contribution in [0.15, 0.2) is 47.4 Å². The van der Waals surface area contributed by atoms with Crippen LogP contribution in [0.25, 0.3) is 16.8 Å². The van der Waals surface area contributed by atoms with Gasteiger partial charge in [-0.15, -0.1) is 0 Å². The molecular formula is C18H19NOW. The van der Waals surface area contributed by atoms with E-state index >= 15 is 0 Å². The van der Waals surface area contributed by atoms with E-state index in [2.05, 4.69) is 47.9 Å². The maximum atomic E-state index is 5.90. The number of hydrogen-bond donors (Lipinski definition) is 0. The Morgan fingerprint density at radius 1 is 1.19 bits per heavy atom. The Bertz CT molecular complexity index is 712. The molecule has 3 rings (SSSR count). The number of rotatable bonds is 3. The summed E-state index contributed by atoms with van der Waals surface area (Å²) in [6.45, 7) is 8.59. The quantitative estimate of drug-likeness (QED) is 0.691. The van der Waals surface area contributed by atoms with Crippen LogP contribution in [0.4, 0.5) is 0 Å². The predicted molar refractivity (Wildman–Crippen MR) is 82.0 cm³/mol. The Hall–Kier alpha value is -1.40. The van der Waals surface area contributed by atoms with E-state index in [9.17, 15) is 0 Å². The number of likely N-dealkylation sites (tertiary alicyclic amines) is 1. The van der Waals surface area contributed by atoms with Gasteiger partial charge in [-0.25, -0.2) is 0 Å². The molecule has 2 heterocycles. The summed E-state index contributed by atoms with van der Waals surface area (Å²) in [5, 5.41) is 0. The molecule has 0 aliphatic carbocycles. The SMILES string of the molecule is C=C(c1c(-c2ccccc2)cc(C)o[c]1=[W])N1CCCC1. The van der Waals surface area contributed by atoms with E-state index in [0.717, 1.165) is 28.3 Å². The summed E-state index contributed by atoms with van der Waals surface area (Å²) in [5.41, 5.74) is 4.76. The van der Waals surface area contributed by atoms with Crippen molar-refractivity contribution in [2.24, 2.45) is 0 Å². The third-order valence-electron chi connectivity index (χ3n) is 3.94. The molecule has 21 heavy (non-hydrogen) atoms. The van der Waals surface area contributed by atoms with Crippen LogP contribution < -0.4 is 0 Å². The zero-order chi connectivity index (χ0) is 14.8. The molecule has 3 heteroatoms. The molecule has 1 aliphatic heterocycles. The van der Waals surface area contributed by atoms with Crippen molar-refractivity contribution >= 4 is 5.70 Å². The molecule has 1 aromatic heterocycles. The van der Waals surface area contributed by atoms with Gasteiger partial charge in [-0.05, 0) is 0 Å². The summed E-state index contributed by atoms with van der Waals surface area (Å²) in [7, 11) is 0. The monoisotopic (exact) mass is 449 g/mol. The Kier molecular flexibility index (Phi) is 4.26. The fraction of sp³-hybridized carbons (Fsp3) is 0.278. The fourth-order valence-electron chi connectivity index (χ4n) is 2.88. The van der Waals surface area contributed by atoms with Crippen molar-refractivity contribution in [1.29, 1.82) is 0 Å². The van der Waals surface area contributed by atoms with Crippen LogP contribution in [0.5, 0.6) is 0 Å². The molecule has 1 aromatic carbocycles. The van der Waals surface area contributed by atoms with Crippen LogP contribution in [0.3, 0.4) is 0 Å². The van der Waals surface area contributed by atoms with Crippen molar-refractivity contribution < 1.29 is 23.8 Å². The van der Waals surface area contributed by atoms with Crippen molar-refractivity contribution in [2.75, 3.05) is 13.1 Å². The minimum absolute atomic E-state index is 0.955. The normalized spacial score (nSPS) is 14.4. The van der Waals surface area contributed by atoms with Gasteiger partial charge in [0.2, 0.25) is 0 Å². The summed E-state index contributed by atoms with van der Waals surface area (Å²) >= 11 is 1.35. The Balaban J connectivity index is 2.15. The zero-order valence-corrected chi connectivity index (χ0v) is 15.2. The van der Waals surface area contributed by atoms with Gasteiger partial charge in [0.1, 0.15) is 0 Å². The zero-order valence-electron chi connectivity index (χ0n) is 12.3. The van der Waals surface area contributed by atoms with E-state index in [-0.39, 0.29) is 0 Å². The second kappa shape index (κ2) is 6.15. The average molecular weight is 449 g/mol. The van der Waals surface area contributed by atoms with Gasteiger partial charge in [0.15, 0.2) is 0 Å². The minimum atomic E-state index is 0.955. The van der Waals surface area contributed by atoms with Crippen molar-refractivity contribution in [1.82, 2.24) is 4.90 Å². The van der Waals surface area contributed by atoms with Gasteiger partial charge in [0.25, 0.3) is 0 Å². The number of benzene rings is 1. The van der Waals surface area contributed by atoms with E-state index < -0.39 is 0 Å². The summed E-state index contributed by atoms with van der Waals surface area (Å²) < 4.78 is 6.93. The van der Waals surface area contributed by atoms with Gasteiger partial charge >= 0.3 is 136 Å². The molecule has 2 nitrogen and oxygen atoms in total. The summed E-state index contributed by atoms with van der Waals surface area (Å²) in [6, 6.07) is 12.7. The standard InChI is InChI=1S/C18H19NO.W/c1-14-12-17(16-8-4-3-5-9-16)18(13-20-14)15(2)19-10-6-7-11-19;/h3-5,8-9,12H,2,6-7,10-11H2,1H3;. The summed E-state index contributed by atoms with van der Waals surface area (Å²) in [4.78, 5) is 2.39. The molecule has 2 aromatic rings. The molecule has 1 fully saturated rings. The van der Waals surface area contributed by atoms with Crippen molar-refractivity contribution in [2.45, 2.75) is 19.8 Å². The number of hydrogen-bond acceptors (Lipinski definition) is 2. The maximum absolute atomic E-state index is 5.90. The van der Waals surface area contributed by atoms with Crippen LogP contribution in [-0.2, 0) is 19.4 Å². The first kappa shape index (κ1) is 14.5. The van der Waals surface area contributed by atoms with Crippen LogP contribution in [0, 0.1) is 10.7 Å². The van der Waals surface area contributed by atoms with Gasteiger partial charge in [0.05, 0.1) is 0 Å². The molecular weight excluding hydrogens is 430 g/mol. The molecule has 0 atom stereocenters. The fourth-order valence-corrected chi connectivity index (χ4v) is 4.17. The average Bonchev–Trinajstić information content (AvgIpc) is 3.01. The van der Waals surface area contributed by atoms with Crippen LogP contribution in [0.1, 0.15) is 24.2 Å². The van der Waals surface area contributed by atoms with E-state index in [1.165, 1.54) is 48.9 Å². The van der Waals surface area contributed by atoms with Crippen LogP contribution in [0.2, 0.25) is 0 Å². The Morgan fingerprint density at radius 2 is 1.86 bits per heavy atom. The molecule has 0 amide bonds. The van der Waals surface area contributed by atoms with Gasteiger partial charge in [0, 0.05) is 0 Å². The third kappa shape index (κ3) is 2.96. The van der Waals surface area contributed by atoms with Gasteiger partial charge in [-0.2, -0.15) is 0 Å². The summed E-state index contributed by atoms with van der Waals surface area (Å²) in [6.07, 6.45) is 2.52. The van der Waals surface area contributed by atoms with E-state index in [1.54, 1.807) is 0 Å². The molecule has 0 bridgehead atoms. The molecule has 0 saturated carbocycles. The Morgan fingerprint density at radius 3 is 2.52 bits per heavy atom. The number of nitrogens with zero attached hydrogens (tertiary/aromatic N) is 1. The van der Waals surface area contributed by atoms with Crippen molar-refractivity contribution in [3.05, 3.63) is 58.0 Å². The second-order valence-corrected chi connectivity index (χ2v) is 6.77. The van der Waals surface area contributed by atoms with E-state index in [1.807, 2.05) is 6.92 Å². The number of aryl methyl sites for hydroxylation is 1. The molecule has 1 saturated heterocycles. The Labute approximate surface area is 136 Å². The van der Waals surface area contributed by atoms with Crippen molar-refractivity contribution in [3.8, 4) is 11.1 Å². The first-order chi connectivity index (χ1) is 10.2. The van der Waals surface area contributed by atoms with Gasteiger partial charge in [-0.1, -0.05) is 0 Å². The topological polar surface area (TPSA) is 16.4 Å². The van der Waals surface area contributed by atoms with Gasteiger partial charge in [-0.3, -0.25) is 0 Å². The summed E-state index contributed by atoms with van der Waals surface area (Å²) in [5.74, 6) is 0.955. The predicted octanol–water partition coefficient (Wildman–Crippen LogP) is 4.40.